The van der Waals surface area contributed by atoms with Gasteiger partial charge in [-0.15, -0.1) is 0 Å². The van der Waals surface area contributed by atoms with Crippen LogP contribution in [0, 0.1) is 6.26 Å². The maximum Gasteiger partial charge on any atom is 0.170 e. The van der Waals surface area contributed by atoms with E-state index in [2.05, 4.69) is 22.2 Å². The quantitative estimate of drug-likeness (QED) is 0.673. The monoisotopic (exact) mass is 229 g/mol. The van der Waals surface area contributed by atoms with Gasteiger partial charge < -0.3 is 4.42 Å². The molecule has 1 aromatic carbocycles. The first kappa shape index (κ1) is 7.19. The molecule has 0 saturated carbocycles. The molecule has 0 aliphatic heterocycles. The van der Waals surface area contributed by atoms with Crippen LogP contribution in [0.2, 0.25) is 5.02 Å². The molecule has 0 aliphatic carbocycles. The summed E-state index contributed by atoms with van der Waals surface area (Å²) in [6.45, 7) is 0. The topological polar surface area (TPSA) is 13.1 Å². The van der Waals surface area contributed by atoms with Gasteiger partial charge in [-0.25, -0.2) is 0 Å². The highest BCUT2D eigenvalue weighted by atomic mass is 79.9. The molecular formula is C8H3BrClO. The lowest BCUT2D eigenvalue weighted by molar-refractivity contribution is 0.606. The van der Waals surface area contributed by atoms with E-state index < -0.39 is 0 Å². The second kappa shape index (κ2) is 2.54. The first-order chi connectivity index (χ1) is 5.27. The fourth-order valence-electron chi connectivity index (χ4n) is 0.947. The van der Waals surface area contributed by atoms with Gasteiger partial charge in [-0.05, 0) is 18.2 Å². The Morgan fingerprint density at radius 2 is 2.27 bits per heavy atom. The van der Waals surface area contributed by atoms with Crippen molar-refractivity contribution in [2.45, 2.75) is 0 Å². The van der Waals surface area contributed by atoms with Crippen molar-refractivity contribution in [1.82, 2.24) is 0 Å². The molecule has 1 heterocycles. The minimum absolute atomic E-state index is 0.607. The van der Waals surface area contributed by atoms with Crippen molar-refractivity contribution in [1.29, 1.82) is 0 Å². The number of rotatable bonds is 0. The van der Waals surface area contributed by atoms with Gasteiger partial charge in [0.15, 0.2) is 11.8 Å². The molecule has 1 nitrogen and oxygen atoms in total. The molecule has 0 amide bonds. The highest BCUT2D eigenvalue weighted by molar-refractivity contribution is 9.10. The van der Waals surface area contributed by atoms with Crippen molar-refractivity contribution in [2.75, 3.05) is 0 Å². The first-order valence-electron chi connectivity index (χ1n) is 3.02. The lowest BCUT2D eigenvalue weighted by Crippen LogP contribution is -1.67. The summed E-state index contributed by atoms with van der Waals surface area (Å²) in [6.07, 6.45) is 2.63. The number of benzene rings is 1. The standard InChI is InChI=1S/C8H3BrClO/c9-6-3-5-1-2-11-8(5)7(10)4-6/h1,3-4H. The molecule has 0 unspecified atom stereocenters. The number of furan rings is 1. The zero-order valence-corrected chi connectivity index (χ0v) is 7.74. The molecule has 0 bridgehead atoms. The van der Waals surface area contributed by atoms with Gasteiger partial charge in [0.25, 0.3) is 0 Å². The van der Waals surface area contributed by atoms with E-state index in [9.17, 15) is 0 Å². The Morgan fingerprint density at radius 3 is 3.09 bits per heavy atom. The Hall–Kier alpha value is -0.470. The molecule has 3 heteroatoms. The lowest BCUT2D eigenvalue weighted by Gasteiger charge is -1.92. The second-order valence-electron chi connectivity index (χ2n) is 2.17. The van der Waals surface area contributed by atoms with Crippen molar-refractivity contribution in [3.05, 3.63) is 34.0 Å². The molecule has 11 heavy (non-hydrogen) atoms. The summed E-state index contributed by atoms with van der Waals surface area (Å²) in [5.74, 6) is 0. The van der Waals surface area contributed by atoms with Crippen LogP contribution in [0.5, 0.6) is 0 Å². The van der Waals surface area contributed by atoms with Gasteiger partial charge >= 0.3 is 0 Å². The van der Waals surface area contributed by atoms with E-state index in [0.717, 1.165) is 9.86 Å². The average molecular weight is 230 g/mol. The SMILES string of the molecule is Clc1cc(Br)cc2c[c]oc12. The molecular weight excluding hydrogens is 227 g/mol. The summed E-state index contributed by atoms with van der Waals surface area (Å²) in [6, 6.07) is 5.48. The number of halogens is 2. The molecule has 0 atom stereocenters. The molecule has 0 saturated heterocycles. The van der Waals surface area contributed by atoms with Crippen LogP contribution in [0.1, 0.15) is 0 Å². The molecule has 2 rings (SSSR count). The summed E-state index contributed by atoms with van der Waals surface area (Å²) >= 11 is 9.19. The van der Waals surface area contributed by atoms with Crippen molar-refractivity contribution in [3.63, 3.8) is 0 Å². The van der Waals surface area contributed by atoms with E-state index >= 15 is 0 Å². The average Bonchev–Trinajstić information content (AvgIpc) is 2.34. The van der Waals surface area contributed by atoms with Crippen LogP contribution in [0.4, 0.5) is 0 Å². The summed E-state index contributed by atoms with van der Waals surface area (Å²) in [5.41, 5.74) is 0.690. The van der Waals surface area contributed by atoms with Gasteiger partial charge in [0.1, 0.15) is 0 Å². The summed E-state index contributed by atoms with van der Waals surface area (Å²) in [5, 5.41) is 1.57. The van der Waals surface area contributed by atoms with Gasteiger partial charge in [0.05, 0.1) is 5.02 Å². The minimum atomic E-state index is 0.607. The molecule has 1 radical (unpaired) electrons. The summed E-state index contributed by atoms with van der Waals surface area (Å²) < 4.78 is 5.97. The van der Waals surface area contributed by atoms with Crippen molar-refractivity contribution in [3.8, 4) is 0 Å². The number of fused-ring (bicyclic) bond motifs is 1. The predicted octanol–water partition coefficient (Wildman–Crippen LogP) is 3.65. The maximum absolute atomic E-state index is 5.86. The van der Waals surface area contributed by atoms with E-state index in [1.54, 1.807) is 12.1 Å². The maximum atomic E-state index is 5.86. The Balaban J connectivity index is 2.91. The normalized spacial score (nSPS) is 10.7. The Kier molecular flexibility index (Phi) is 1.66. The van der Waals surface area contributed by atoms with Gasteiger partial charge in [-0.1, -0.05) is 27.5 Å². The Labute approximate surface area is 77.1 Å². The Bertz CT molecular complexity index is 394. The van der Waals surface area contributed by atoms with E-state index in [0.29, 0.717) is 10.6 Å². The van der Waals surface area contributed by atoms with Gasteiger partial charge in [-0.2, -0.15) is 0 Å². The fourth-order valence-corrected chi connectivity index (χ4v) is 1.82. The van der Waals surface area contributed by atoms with Crippen LogP contribution in [0.3, 0.4) is 0 Å². The van der Waals surface area contributed by atoms with Gasteiger partial charge in [0.2, 0.25) is 0 Å². The van der Waals surface area contributed by atoms with Crippen LogP contribution in [0.25, 0.3) is 11.0 Å². The third-order valence-electron chi connectivity index (χ3n) is 1.41. The van der Waals surface area contributed by atoms with E-state index in [1.165, 1.54) is 0 Å². The zero-order valence-electron chi connectivity index (χ0n) is 5.40. The van der Waals surface area contributed by atoms with Crippen LogP contribution in [-0.4, -0.2) is 0 Å². The summed E-state index contributed by atoms with van der Waals surface area (Å²) in [7, 11) is 0. The van der Waals surface area contributed by atoms with Crippen LogP contribution >= 0.6 is 27.5 Å². The van der Waals surface area contributed by atoms with Gasteiger partial charge in [-0.3, -0.25) is 0 Å². The molecule has 0 N–H and O–H groups in total. The van der Waals surface area contributed by atoms with E-state index in [4.69, 9.17) is 16.0 Å². The molecule has 0 aliphatic rings. The number of hydrogen-bond acceptors (Lipinski definition) is 1. The highest BCUT2D eigenvalue weighted by Crippen LogP contribution is 2.28. The largest absolute Gasteiger partial charge is 0.451 e. The van der Waals surface area contributed by atoms with Crippen molar-refractivity contribution in [2.24, 2.45) is 0 Å². The van der Waals surface area contributed by atoms with Crippen molar-refractivity contribution >= 4 is 38.5 Å². The predicted molar refractivity (Wildman–Crippen MR) is 47.8 cm³/mol. The third kappa shape index (κ3) is 1.17. The third-order valence-corrected chi connectivity index (χ3v) is 2.15. The van der Waals surface area contributed by atoms with Gasteiger partial charge in [0, 0.05) is 9.86 Å². The van der Waals surface area contributed by atoms with Crippen molar-refractivity contribution < 1.29 is 4.42 Å². The smallest absolute Gasteiger partial charge is 0.170 e. The summed E-state index contributed by atoms with van der Waals surface area (Å²) in [4.78, 5) is 0. The number of hydrogen-bond donors (Lipinski definition) is 0. The van der Waals surface area contributed by atoms with E-state index in [-0.39, 0.29) is 0 Å². The zero-order chi connectivity index (χ0) is 7.84. The second-order valence-corrected chi connectivity index (χ2v) is 3.49. The molecule has 0 spiro atoms. The molecule has 2 aromatic rings. The van der Waals surface area contributed by atoms with Crippen LogP contribution in [-0.2, 0) is 0 Å². The Morgan fingerprint density at radius 1 is 1.45 bits per heavy atom. The lowest BCUT2D eigenvalue weighted by atomic mass is 10.3. The first-order valence-corrected chi connectivity index (χ1v) is 4.19. The minimum Gasteiger partial charge on any atom is -0.451 e. The highest BCUT2D eigenvalue weighted by Gasteiger charge is 2.02. The van der Waals surface area contributed by atoms with Crippen LogP contribution < -0.4 is 0 Å². The fraction of sp³-hybridized carbons (Fsp3) is 0. The molecule has 55 valence electrons. The molecule has 1 aromatic heterocycles. The van der Waals surface area contributed by atoms with Crippen LogP contribution in [0.15, 0.2) is 27.1 Å². The molecule has 0 fully saturated rings. The van der Waals surface area contributed by atoms with E-state index in [1.807, 2.05) is 6.07 Å².